The number of pyridine rings is 1. The topological polar surface area (TPSA) is 60.5 Å². The van der Waals surface area contributed by atoms with Gasteiger partial charge in [-0.25, -0.2) is 4.98 Å². The number of likely N-dealkylation sites (N-methyl/N-ethyl adjacent to an activating group) is 1. The van der Waals surface area contributed by atoms with E-state index in [9.17, 15) is 4.79 Å². The Balaban J connectivity index is 1.92. The lowest BCUT2D eigenvalue weighted by Gasteiger charge is -2.13. The number of carbonyl (C=O) groups is 1. The Bertz CT molecular complexity index is 650. The Morgan fingerprint density at radius 3 is 2.21 bits per heavy atom. The van der Waals surface area contributed by atoms with Crippen molar-refractivity contribution in [1.82, 2.24) is 15.2 Å². The molecule has 2 aromatic rings. The van der Waals surface area contributed by atoms with E-state index in [0.29, 0.717) is 12.2 Å². The first kappa shape index (κ1) is 17.7. The zero-order valence-corrected chi connectivity index (χ0v) is 14.7. The Morgan fingerprint density at radius 2 is 1.67 bits per heavy atom. The summed E-state index contributed by atoms with van der Waals surface area (Å²) in [5.74, 6) is -0.154. The van der Waals surface area contributed by atoms with E-state index in [1.54, 1.807) is 12.3 Å². The van der Waals surface area contributed by atoms with E-state index in [0.717, 1.165) is 23.6 Å². The maximum atomic E-state index is 12.0. The minimum absolute atomic E-state index is 0.154. The Labute approximate surface area is 143 Å². The molecule has 2 N–H and O–H groups in total. The maximum Gasteiger partial charge on any atom is 0.269 e. The molecule has 2 rings (SSSR count). The maximum absolute atomic E-state index is 12.0. The number of hydrogen-bond acceptors (Lipinski definition) is 5. The van der Waals surface area contributed by atoms with Gasteiger partial charge < -0.3 is 20.4 Å². The molecule has 24 heavy (non-hydrogen) atoms. The average Bonchev–Trinajstić information content (AvgIpc) is 2.55. The fourth-order valence-corrected chi connectivity index (χ4v) is 2.10. The fourth-order valence-electron chi connectivity index (χ4n) is 2.10. The average molecular weight is 327 g/mol. The molecule has 1 amide bonds. The molecule has 0 atom stereocenters. The van der Waals surface area contributed by atoms with Crippen LogP contribution >= 0.6 is 0 Å². The third kappa shape index (κ3) is 5.24. The molecule has 0 saturated carbocycles. The first-order chi connectivity index (χ1) is 11.5. The lowest BCUT2D eigenvalue weighted by atomic mass is 10.2. The first-order valence-corrected chi connectivity index (χ1v) is 7.89. The van der Waals surface area contributed by atoms with Crippen molar-refractivity contribution in [2.75, 3.05) is 51.5 Å². The van der Waals surface area contributed by atoms with Crippen LogP contribution in [0.3, 0.4) is 0 Å². The van der Waals surface area contributed by atoms with Gasteiger partial charge in [-0.2, -0.15) is 0 Å². The van der Waals surface area contributed by atoms with Crippen molar-refractivity contribution in [2.24, 2.45) is 0 Å². The highest BCUT2D eigenvalue weighted by Gasteiger charge is 2.06. The number of carbonyl (C=O) groups excluding carboxylic acids is 1. The van der Waals surface area contributed by atoms with Crippen molar-refractivity contribution in [1.29, 1.82) is 0 Å². The summed E-state index contributed by atoms with van der Waals surface area (Å²) in [7, 11) is 7.95. The van der Waals surface area contributed by atoms with E-state index in [-0.39, 0.29) is 5.91 Å². The predicted molar refractivity (Wildman–Crippen MR) is 99.2 cm³/mol. The van der Waals surface area contributed by atoms with E-state index in [4.69, 9.17) is 0 Å². The normalized spacial score (nSPS) is 10.5. The van der Waals surface area contributed by atoms with Gasteiger partial charge in [0.2, 0.25) is 0 Å². The van der Waals surface area contributed by atoms with Crippen LogP contribution in [0, 0.1) is 0 Å². The summed E-state index contributed by atoms with van der Waals surface area (Å²) in [5.41, 5.74) is 3.38. The molecule has 6 nitrogen and oxygen atoms in total. The van der Waals surface area contributed by atoms with E-state index < -0.39 is 0 Å². The highest BCUT2D eigenvalue weighted by molar-refractivity contribution is 5.92. The monoisotopic (exact) mass is 327 g/mol. The van der Waals surface area contributed by atoms with Crippen LogP contribution in [0.15, 0.2) is 42.6 Å². The molecule has 0 unspecified atom stereocenters. The second-order valence-electron chi connectivity index (χ2n) is 6.06. The molecule has 0 bridgehead atoms. The van der Waals surface area contributed by atoms with Gasteiger partial charge in [0.15, 0.2) is 0 Å². The third-order valence-corrected chi connectivity index (χ3v) is 3.51. The summed E-state index contributed by atoms with van der Waals surface area (Å²) in [6, 6.07) is 11.7. The van der Waals surface area contributed by atoms with Gasteiger partial charge in [0.25, 0.3) is 5.91 Å². The van der Waals surface area contributed by atoms with Gasteiger partial charge in [-0.1, -0.05) is 0 Å². The standard InChI is InChI=1S/C18H25N5O/c1-22(2)12-11-19-18(24)17-10-7-15(13-20-17)21-14-5-8-16(9-6-14)23(3)4/h5-10,13,21H,11-12H2,1-4H3,(H,19,24). The summed E-state index contributed by atoms with van der Waals surface area (Å²) in [4.78, 5) is 20.3. The lowest BCUT2D eigenvalue weighted by Crippen LogP contribution is -2.31. The van der Waals surface area contributed by atoms with Crippen molar-refractivity contribution < 1.29 is 4.79 Å². The number of nitrogens with zero attached hydrogens (tertiary/aromatic N) is 3. The van der Waals surface area contributed by atoms with Gasteiger partial charge >= 0.3 is 0 Å². The van der Waals surface area contributed by atoms with Crippen molar-refractivity contribution in [3.8, 4) is 0 Å². The van der Waals surface area contributed by atoms with Gasteiger partial charge in [0, 0.05) is 38.6 Å². The van der Waals surface area contributed by atoms with Gasteiger partial charge in [0.05, 0.1) is 11.9 Å². The van der Waals surface area contributed by atoms with Crippen LogP contribution in [-0.2, 0) is 0 Å². The number of rotatable bonds is 7. The first-order valence-electron chi connectivity index (χ1n) is 7.89. The second-order valence-corrected chi connectivity index (χ2v) is 6.06. The highest BCUT2D eigenvalue weighted by atomic mass is 16.1. The Kier molecular flexibility index (Phi) is 6.14. The Hall–Kier alpha value is -2.60. The molecule has 0 spiro atoms. The van der Waals surface area contributed by atoms with Crippen molar-refractivity contribution >= 4 is 23.0 Å². The van der Waals surface area contributed by atoms with E-state index in [2.05, 4.69) is 20.5 Å². The number of amides is 1. The SMILES string of the molecule is CN(C)CCNC(=O)c1ccc(Nc2ccc(N(C)C)cc2)cn1. The summed E-state index contributed by atoms with van der Waals surface area (Å²) in [6.45, 7) is 1.40. The van der Waals surface area contributed by atoms with Gasteiger partial charge in [-0.15, -0.1) is 0 Å². The molecule has 0 aliphatic carbocycles. The largest absolute Gasteiger partial charge is 0.378 e. The third-order valence-electron chi connectivity index (χ3n) is 3.51. The molecule has 0 aliphatic heterocycles. The minimum Gasteiger partial charge on any atom is -0.378 e. The molecule has 0 saturated heterocycles. The molecule has 0 aliphatic rings. The molecule has 0 fully saturated rings. The lowest BCUT2D eigenvalue weighted by molar-refractivity contribution is 0.0946. The molecular formula is C18H25N5O. The zero-order chi connectivity index (χ0) is 17.5. The van der Waals surface area contributed by atoms with Gasteiger partial charge in [-0.3, -0.25) is 4.79 Å². The molecule has 128 valence electrons. The van der Waals surface area contributed by atoms with Crippen LogP contribution in [0.5, 0.6) is 0 Å². The fraction of sp³-hybridized carbons (Fsp3) is 0.333. The minimum atomic E-state index is -0.154. The van der Waals surface area contributed by atoms with E-state index in [1.807, 2.05) is 63.4 Å². The summed E-state index contributed by atoms with van der Waals surface area (Å²) in [6.07, 6.45) is 1.67. The van der Waals surface area contributed by atoms with Gasteiger partial charge in [-0.05, 0) is 50.5 Å². The van der Waals surface area contributed by atoms with Crippen molar-refractivity contribution in [2.45, 2.75) is 0 Å². The second kappa shape index (κ2) is 8.31. The molecule has 1 heterocycles. The van der Waals surface area contributed by atoms with Crippen molar-refractivity contribution in [3.63, 3.8) is 0 Å². The number of aromatic nitrogens is 1. The molecule has 0 radical (unpaired) electrons. The number of nitrogens with one attached hydrogen (secondary N) is 2. The van der Waals surface area contributed by atoms with Crippen LogP contribution in [0.25, 0.3) is 0 Å². The van der Waals surface area contributed by atoms with Crippen LogP contribution in [-0.4, -0.2) is 57.1 Å². The predicted octanol–water partition coefficient (Wildman–Crippen LogP) is 2.18. The smallest absolute Gasteiger partial charge is 0.269 e. The summed E-state index contributed by atoms with van der Waals surface area (Å²) < 4.78 is 0. The molecule has 1 aromatic heterocycles. The Morgan fingerprint density at radius 1 is 1.00 bits per heavy atom. The molecular weight excluding hydrogens is 302 g/mol. The number of benzene rings is 1. The number of hydrogen-bond donors (Lipinski definition) is 2. The van der Waals surface area contributed by atoms with Crippen LogP contribution in [0.2, 0.25) is 0 Å². The van der Waals surface area contributed by atoms with Crippen LogP contribution in [0.4, 0.5) is 17.1 Å². The molecule has 1 aromatic carbocycles. The summed E-state index contributed by atoms with van der Waals surface area (Å²) >= 11 is 0. The van der Waals surface area contributed by atoms with Crippen LogP contribution < -0.4 is 15.5 Å². The van der Waals surface area contributed by atoms with E-state index >= 15 is 0 Å². The quantitative estimate of drug-likeness (QED) is 0.816. The van der Waals surface area contributed by atoms with E-state index in [1.165, 1.54) is 0 Å². The highest BCUT2D eigenvalue weighted by Crippen LogP contribution is 2.19. The van der Waals surface area contributed by atoms with Crippen LogP contribution in [0.1, 0.15) is 10.5 Å². The number of anilines is 3. The zero-order valence-electron chi connectivity index (χ0n) is 14.7. The van der Waals surface area contributed by atoms with Crippen molar-refractivity contribution in [3.05, 3.63) is 48.3 Å². The molecule has 6 heteroatoms. The van der Waals surface area contributed by atoms with Gasteiger partial charge in [0.1, 0.15) is 5.69 Å². The summed E-state index contributed by atoms with van der Waals surface area (Å²) in [5, 5.41) is 6.12.